The van der Waals surface area contributed by atoms with Gasteiger partial charge < -0.3 is 15.5 Å². The minimum absolute atomic E-state index is 0.00518. The molecule has 1 aromatic heterocycles. The number of rotatable bonds is 7. The Balaban J connectivity index is 2.09. The van der Waals surface area contributed by atoms with Gasteiger partial charge in [0.25, 0.3) is 0 Å². The summed E-state index contributed by atoms with van der Waals surface area (Å²) in [5.74, 6) is -0.00518. The first-order valence-electron chi connectivity index (χ1n) is 5.70. The number of likely N-dealkylation sites (N-methyl/N-ethyl adjacent to an activating group) is 1. The zero-order valence-electron chi connectivity index (χ0n) is 10.4. The van der Waals surface area contributed by atoms with Gasteiger partial charge in [-0.3, -0.25) is 9.78 Å². The molecular weight excluding hydrogens is 216 g/mol. The third kappa shape index (κ3) is 6.65. The summed E-state index contributed by atoms with van der Waals surface area (Å²) in [4.78, 5) is 17.6. The minimum Gasteiger partial charge on any atom is -0.349 e. The van der Waals surface area contributed by atoms with E-state index in [0.717, 1.165) is 18.8 Å². The Morgan fingerprint density at radius 2 is 2.24 bits per heavy atom. The predicted molar refractivity (Wildman–Crippen MR) is 67.5 cm³/mol. The Morgan fingerprint density at radius 1 is 1.41 bits per heavy atom. The summed E-state index contributed by atoms with van der Waals surface area (Å²) in [5, 5.41) is 5.89. The molecule has 1 amide bonds. The van der Waals surface area contributed by atoms with Crippen LogP contribution < -0.4 is 10.6 Å². The number of aromatic nitrogens is 1. The molecule has 5 heteroatoms. The van der Waals surface area contributed by atoms with Crippen molar-refractivity contribution in [2.24, 2.45) is 0 Å². The molecule has 2 N–H and O–H groups in total. The van der Waals surface area contributed by atoms with E-state index in [2.05, 4.69) is 20.5 Å². The van der Waals surface area contributed by atoms with Crippen LogP contribution in [0.25, 0.3) is 0 Å². The normalized spacial score (nSPS) is 10.5. The molecule has 1 aromatic rings. The van der Waals surface area contributed by atoms with Gasteiger partial charge in [0.2, 0.25) is 5.91 Å². The van der Waals surface area contributed by atoms with Crippen molar-refractivity contribution in [1.29, 1.82) is 0 Å². The molecule has 0 fully saturated rings. The molecule has 1 rings (SSSR count). The van der Waals surface area contributed by atoms with E-state index < -0.39 is 0 Å². The average molecular weight is 236 g/mol. The van der Waals surface area contributed by atoms with Crippen molar-refractivity contribution in [2.75, 3.05) is 33.7 Å². The standard InChI is InChI=1S/C12H20N4O/c1-16(2)8-7-13-10-12(17)15-9-11-5-3-4-6-14-11/h3-6,13H,7-10H2,1-2H3,(H,15,17). The maximum atomic E-state index is 11.4. The van der Waals surface area contributed by atoms with E-state index in [0.29, 0.717) is 13.1 Å². The molecule has 5 nitrogen and oxygen atoms in total. The lowest BCUT2D eigenvalue weighted by molar-refractivity contribution is -0.120. The fraction of sp³-hybridized carbons (Fsp3) is 0.500. The van der Waals surface area contributed by atoms with Crippen molar-refractivity contribution in [3.05, 3.63) is 30.1 Å². The lowest BCUT2D eigenvalue weighted by Gasteiger charge is -2.10. The predicted octanol–water partition coefficient (Wildman–Crippen LogP) is -0.151. The zero-order chi connectivity index (χ0) is 12.5. The van der Waals surface area contributed by atoms with Gasteiger partial charge in [-0.05, 0) is 26.2 Å². The summed E-state index contributed by atoms with van der Waals surface area (Å²) >= 11 is 0. The van der Waals surface area contributed by atoms with Crippen molar-refractivity contribution < 1.29 is 4.79 Å². The molecule has 1 heterocycles. The monoisotopic (exact) mass is 236 g/mol. The lowest BCUT2D eigenvalue weighted by atomic mass is 10.3. The Hall–Kier alpha value is -1.46. The Bertz CT molecular complexity index is 327. The van der Waals surface area contributed by atoms with E-state index in [1.54, 1.807) is 6.20 Å². The third-order valence-electron chi connectivity index (χ3n) is 2.21. The van der Waals surface area contributed by atoms with Crippen LogP contribution in [0.1, 0.15) is 5.69 Å². The molecular formula is C12H20N4O. The molecule has 0 unspecified atom stereocenters. The average Bonchev–Trinajstić information content (AvgIpc) is 2.33. The first-order chi connectivity index (χ1) is 8.18. The number of hydrogen-bond acceptors (Lipinski definition) is 4. The number of hydrogen-bond donors (Lipinski definition) is 2. The summed E-state index contributed by atoms with van der Waals surface area (Å²) in [6.45, 7) is 2.56. The number of pyridine rings is 1. The van der Waals surface area contributed by atoms with Gasteiger partial charge in [0, 0.05) is 19.3 Å². The Labute approximate surface area is 102 Å². The number of nitrogens with one attached hydrogen (secondary N) is 2. The van der Waals surface area contributed by atoms with Crippen LogP contribution in [0.3, 0.4) is 0 Å². The third-order valence-corrected chi connectivity index (χ3v) is 2.21. The second-order valence-corrected chi connectivity index (χ2v) is 4.08. The highest BCUT2D eigenvalue weighted by molar-refractivity contribution is 5.77. The van der Waals surface area contributed by atoms with Gasteiger partial charge in [-0.15, -0.1) is 0 Å². The topological polar surface area (TPSA) is 57.3 Å². The molecule has 94 valence electrons. The Kier molecular flexibility index (Phi) is 6.21. The van der Waals surface area contributed by atoms with Crippen molar-refractivity contribution in [1.82, 2.24) is 20.5 Å². The van der Waals surface area contributed by atoms with Gasteiger partial charge in [-0.25, -0.2) is 0 Å². The maximum Gasteiger partial charge on any atom is 0.234 e. The molecule has 0 aliphatic rings. The van der Waals surface area contributed by atoms with Crippen LogP contribution in [0, 0.1) is 0 Å². The van der Waals surface area contributed by atoms with E-state index in [4.69, 9.17) is 0 Å². The summed E-state index contributed by atoms with van der Waals surface area (Å²) in [6, 6.07) is 5.65. The molecule has 0 bridgehead atoms. The van der Waals surface area contributed by atoms with E-state index in [-0.39, 0.29) is 5.91 Å². The van der Waals surface area contributed by atoms with Crippen LogP contribution in [0.15, 0.2) is 24.4 Å². The number of nitrogens with zero attached hydrogens (tertiary/aromatic N) is 2. The van der Waals surface area contributed by atoms with Crippen LogP contribution in [0.5, 0.6) is 0 Å². The van der Waals surface area contributed by atoms with E-state index in [1.807, 2.05) is 32.3 Å². The number of carbonyl (C=O) groups excluding carboxylic acids is 1. The van der Waals surface area contributed by atoms with Gasteiger partial charge in [-0.1, -0.05) is 6.07 Å². The largest absolute Gasteiger partial charge is 0.349 e. The van der Waals surface area contributed by atoms with Gasteiger partial charge >= 0.3 is 0 Å². The van der Waals surface area contributed by atoms with Gasteiger partial charge in [-0.2, -0.15) is 0 Å². The van der Waals surface area contributed by atoms with Crippen molar-refractivity contribution in [3.63, 3.8) is 0 Å². The highest BCUT2D eigenvalue weighted by atomic mass is 16.1. The molecule has 0 saturated carbocycles. The van der Waals surface area contributed by atoms with Gasteiger partial charge in [0.15, 0.2) is 0 Å². The highest BCUT2D eigenvalue weighted by Gasteiger charge is 2.00. The number of amides is 1. The quantitative estimate of drug-likeness (QED) is 0.646. The molecule has 17 heavy (non-hydrogen) atoms. The zero-order valence-corrected chi connectivity index (χ0v) is 10.4. The highest BCUT2D eigenvalue weighted by Crippen LogP contribution is 1.91. The fourth-order valence-electron chi connectivity index (χ4n) is 1.26. The molecule has 0 aliphatic heterocycles. The van der Waals surface area contributed by atoms with Gasteiger partial charge in [0.05, 0.1) is 18.8 Å². The lowest BCUT2D eigenvalue weighted by Crippen LogP contribution is -2.36. The minimum atomic E-state index is -0.00518. The van der Waals surface area contributed by atoms with Gasteiger partial charge in [0.1, 0.15) is 0 Å². The molecule has 0 spiro atoms. The second kappa shape index (κ2) is 7.76. The summed E-state index contributed by atoms with van der Waals surface area (Å²) < 4.78 is 0. The smallest absolute Gasteiger partial charge is 0.234 e. The molecule has 0 radical (unpaired) electrons. The first-order valence-corrected chi connectivity index (χ1v) is 5.70. The summed E-state index contributed by atoms with van der Waals surface area (Å²) in [5.41, 5.74) is 0.870. The maximum absolute atomic E-state index is 11.4. The number of carbonyl (C=O) groups is 1. The first kappa shape index (κ1) is 13.6. The SMILES string of the molecule is CN(C)CCNCC(=O)NCc1ccccn1. The van der Waals surface area contributed by atoms with E-state index >= 15 is 0 Å². The summed E-state index contributed by atoms with van der Waals surface area (Å²) in [7, 11) is 4.01. The van der Waals surface area contributed by atoms with E-state index in [1.165, 1.54) is 0 Å². The van der Waals surface area contributed by atoms with Crippen LogP contribution in [0.2, 0.25) is 0 Å². The van der Waals surface area contributed by atoms with Crippen LogP contribution in [-0.4, -0.2) is 49.5 Å². The van der Waals surface area contributed by atoms with Crippen LogP contribution in [0.4, 0.5) is 0 Å². The second-order valence-electron chi connectivity index (χ2n) is 4.08. The molecule has 0 aromatic carbocycles. The van der Waals surface area contributed by atoms with Crippen molar-refractivity contribution in [2.45, 2.75) is 6.54 Å². The summed E-state index contributed by atoms with van der Waals surface area (Å²) in [6.07, 6.45) is 1.72. The van der Waals surface area contributed by atoms with Crippen molar-refractivity contribution >= 4 is 5.91 Å². The molecule has 0 saturated heterocycles. The van der Waals surface area contributed by atoms with E-state index in [9.17, 15) is 4.79 Å². The molecule has 0 aliphatic carbocycles. The Morgan fingerprint density at radius 3 is 2.88 bits per heavy atom. The fourth-order valence-corrected chi connectivity index (χ4v) is 1.26. The van der Waals surface area contributed by atoms with Crippen LogP contribution in [-0.2, 0) is 11.3 Å². The molecule has 0 atom stereocenters. The van der Waals surface area contributed by atoms with Crippen LogP contribution >= 0.6 is 0 Å². The van der Waals surface area contributed by atoms with Crippen molar-refractivity contribution in [3.8, 4) is 0 Å².